The van der Waals surface area contributed by atoms with Gasteiger partial charge in [-0.15, -0.1) is 0 Å². The van der Waals surface area contributed by atoms with Gasteiger partial charge in [0.25, 0.3) is 0 Å². The zero-order valence-corrected chi connectivity index (χ0v) is 9.83. The van der Waals surface area contributed by atoms with Gasteiger partial charge < -0.3 is 15.6 Å². The van der Waals surface area contributed by atoms with Gasteiger partial charge in [0.05, 0.1) is 16.8 Å². The third kappa shape index (κ3) is 2.82. The van der Waals surface area contributed by atoms with Crippen LogP contribution in [-0.4, -0.2) is 11.1 Å². The Balaban J connectivity index is 2.18. The molecule has 0 radical (unpaired) electrons. The van der Waals surface area contributed by atoms with Gasteiger partial charge in [0.2, 0.25) is 0 Å². The summed E-state index contributed by atoms with van der Waals surface area (Å²) in [7, 11) is 0. The van der Waals surface area contributed by atoms with E-state index >= 15 is 0 Å². The summed E-state index contributed by atoms with van der Waals surface area (Å²) >= 11 is 0. The monoisotopic (exact) mass is 254 g/mol. The Kier molecular flexibility index (Phi) is 3.35. The summed E-state index contributed by atoms with van der Waals surface area (Å²) in [6, 6.07) is 12.0. The molecule has 0 bridgehead atoms. The molecule has 5 nitrogen and oxygen atoms in total. The van der Waals surface area contributed by atoms with Gasteiger partial charge in [-0.1, -0.05) is 0 Å². The number of rotatable bonds is 2. The largest absolute Gasteiger partial charge is 0.508 e. The molecular weight excluding hydrogens is 244 g/mol. The Morgan fingerprint density at radius 2 is 1.89 bits per heavy atom. The normalized spacial score (nSPS) is 9.63. The first-order valence-corrected chi connectivity index (χ1v) is 5.41. The molecule has 2 rings (SSSR count). The molecule has 2 aromatic carbocycles. The van der Waals surface area contributed by atoms with Crippen LogP contribution in [0.25, 0.3) is 0 Å². The summed E-state index contributed by atoms with van der Waals surface area (Å²) < 4.78 is 5.10. The highest BCUT2D eigenvalue weighted by Crippen LogP contribution is 2.19. The minimum Gasteiger partial charge on any atom is -0.508 e. The number of anilines is 1. The lowest BCUT2D eigenvalue weighted by atomic mass is 10.1. The molecule has 0 spiro atoms. The molecule has 2 aromatic rings. The Labute approximate surface area is 109 Å². The van der Waals surface area contributed by atoms with Gasteiger partial charge in [-0.05, 0) is 42.5 Å². The molecule has 0 heterocycles. The van der Waals surface area contributed by atoms with Crippen LogP contribution < -0.4 is 10.5 Å². The van der Waals surface area contributed by atoms with Crippen molar-refractivity contribution < 1.29 is 14.6 Å². The number of hydrogen-bond donors (Lipinski definition) is 2. The summed E-state index contributed by atoms with van der Waals surface area (Å²) in [5.41, 5.74) is 6.41. The fraction of sp³-hybridized carbons (Fsp3) is 0. The standard InChI is InChI=1S/C14H10N2O3/c15-8-10-2-1-9(7-13(10)16)14(18)19-12-5-3-11(17)4-6-12/h1-7,17H,16H2. The third-order valence-electron chi connectivity index (χ3n) is 2.45. The Morgan fingerprint density at radius 3 is 2.47 bits per heavy atom. The molecule has 0 atom stereocenters. The number of nitrogen functional groups attached to an aromatic ring is 1. The van der Waals surface area contributed by atoms with Crippen molar-refractivity contribution in [3.05, 3.63) is 53.6 Å². The topological polar surface area (TPSA) is 96.3 Å². The van der Waals surface area contributed by atoms with E-state index in [1.165, 1.54) is 42.5 Å². The number of nitrogens with two attached hydrogens (primary N) is 1. The smallest absolute Gasteiger partial charge is 0.343 e. The Bertz CT molecular complexity index is 657. The third-order valence-corrected chi connectivity index (χ3v) is 2.45. The molecule has 0 saturated carbocycles. The van der Waals surface area contributed by atoms with Crippen molar-refractivity contribution in [1.29, 1.82) is 5.26 Å². The molecule has 0 fully saturated rings. The summed E-state index contributed by atoms with van der Waals surface area (Å²) in [6.07, 6.45) is 0. The van der Waals surface area contributed by atoms with Crippen LogP contribution in [0.2, 0.25) is 0 Å². The van der Waals surface area contributed by atoms with Crippen LogP contribution in [0.15, 0.2) is 42.5 Å². The average Bonchev–Trinajstić information content (AvgIpc) is 2.41. The predicted molar refractivity (Wildman–Crippen MR) is 68.6 cm³/mol. The van der Waals surface area contributed by atoms with Crippen molar-refractivity contribution in [2.45, 2.75) is 0 Å². The van der Waals surface area contributed by atoms with E-state index in [-0.39, 0.29) is 17.0 Å². The molecule has 0 aromatic heterocycles. The number of phenols is 1. The number of carbonyl (C=O) groups is 1. The van der Waals surface area contributed by atoms with Gasteiger partial charge in [-0.3, -0.25) is 0 Å². The van der Waals surface area contributed by atoms with Crippen molar-refractivity contribution in [1.82, 2.24) is 0 Å². The molecule has 0 saturated heterocycles. The first-order valence-electron chi connectivity index (χ1n) is 5.41. The number of aromatic hydroxyl groups is 1. The molecule has 94 valence electrons. The number of nitriles is 1. The van der Waals surface area contributed by atoms with Crippen LogP contribution in [0.4, 0.5) is 5.69 Å². The predicted octanol–water partition coefficient (Wildman–Crippen LogP) is 2.07. The number of nitrogens with zero attached hydrogens (tertiary/aromatic N) is 1. The zero-order chi connectivity index (χ0) is 13.8. The molecule has 0 amide bonds. The zero-order valence-electron chi connectivity index (χ0n) is 9.83. The molecule has 5 heteroatoms. The van der Waals surface area contributed by atoms with Gasteiger partial charge >= 0.3 is 5.97 Å². The summed E-state index contributed by atoms with van der Waals surface area (Å²) in [5.74, 6) is -0.185. The quantitative estimate of drug-likeness (QED) is 0.485. The number of hydrogen-bond acceptors (Lipinski definition) is 5. The minimum absolute atomic E-state index is 0.0856. The number of ether oxygens (including phenoxy) is 1. The fourth-order valence-electron chi connectivity index (χ4n) is 1.47. The number of esters is 1. The van der Waals surface area contributed by atoms with Crippen molar-refractivity contribution in [3.63, 3.8) is 0 Å². The first-order chi connectivity index (χ1) is 9.10. The van der Waals surface area contributed by atoms with Crippen molar-refractivity contribution >= 4 is 11.7 Å². The van der Waals surface area contributed by atoms with E-state index in [2.05, 4.69) is 0 Å². The minimum atomic E-state index is -0.582. The van der Waals surface area contributed by atoms with Crippen molar-refractivity contribution in [2.24, 2.45) is 0 Å². The highest BCUT2D eigenvalue weighted by atomic mass is 16.5. The Morgan fingerprint density at radius 1 is 1.21 bits per heavy atom. The van der Waals surface area contributed by atoms with Crippen molar-refractivity contribution in [3.8, 4) is 17.6 Å². The summed E-state index contributed by atoms with van der Waals surface area (Å²) in [6.45, 7) is 0. The maximum absolute atomic E-state index is 11.8. The summed E-state index contributed by atoms with van der Waals surface area (Å²) in [4.78, 5) is 11.8. The molecule has 0 aliphatic rings. The highest BCUT2D eigenvalue weighted by molar-refractivity contribution is 5.92. The van der Waals surface area contributed by atoms with Crippen LogP contribution in [0.3, 0.4) is 0 Å². The van der Waals surface area contributed by atoms with Crippen LogP contribution in [0.5, 0.6) is 11.5 Å². The van der Waals surface area contributed by atoms with Crippen molar-refractivity contribution in [2.75, 3.05) is 5.73 Å². The van der Waals surface area contributed by atoms with Gasteiger partial charge in [-0.25, -0.2) is 4.79 Å². The molecule has 19 heavy (non-hydrogen) atoms. The van der Waals surface area contributed by atoms with Crippen LogP contribution >= 0.6 is 0 Å². The van der Waals surface area contributed by atoms with E-state index in [0.717, 1.165) is 0 Å². The van der Waals surface area contributed by atoms with E-state index in [0.29, 0.717) is 11.3 Å². The van der Waals surface area contributed by atoms with Gasteiger partial charge in [-0.2, -0.15) is 5.26 Å². The maximum atomic E-state index is 11.8. The highest BCUT2D eigenvalue weighted by Gasteiger charge is 2.10. The van der Waals surface area contributed by atoms with Gasteiger partial charge in [0.1, 0.15) is 17.6 Å². The maximum Gasteiger partial charge on any atom is 0.343 e. The van der Waals surface area contributed by atoms with Crippen LogP contribution in [0, 0.1) is 11.3 Å². The summed E-state index contributed by atoms with van der Waals surface area (Å²) in [5, 5.41) is 17.9. The van der Waals surface area contributed by atoms with Gasteiger partial charge in [0.15, 0.2) is 0 Å². The number of phenolic OH excluding ortho intramolecular Hbond substituents is 1. The van der Waals surface area contributed by atoms with Crippen LogP contribution in [0.1, 0.15) is 15.9 Å². The van der Waals surface area contributed by atoms with Crippen LogP contribution in [-0.2, 0) is 0 Å². The number of benzene rings is 2. The van der Waals surface area contributed by atoms with E-state index in [1.807, 2.05) is 6.07 Å². The molecule has 0 aliphatic heterocycles. The fourth-order valence-corrected chi connectivity index (χ4v) is 1.47. The second-order valence-corrected chi connectivity index (χ2v) is 3.80. The van der Waals surface area contributed by atoms with E-state index in [1.54, 1.807) is 0 Å². The van der Waals surface area contributed by atoms with E-state index in [4.69, 9.17) is 20.8 Å². The van der Waals surface area contributed by atoms with E-state index < -0.39 is 5.97 Å². The molecular formula is C14H10N2O3. The van der Waals surface area contributed by atoms with Gasteiger partial charge in [0, 0.05) is 0 Å². The lowest BCUT2D eigenvalue weighted by molar-refractivity contribution is 0.0734. The second-order valence-electron chi connectivity index (χ2n) is 3.80. The van der Waals surface area contributed by atoms with E-state index in [9.17, 15) is 4.79 Å². The first kappa shape index (κ1) is 12.5. The lowest BCUT2D eigenvalue weighted by Gasteiger charge is -2.05. The molecule has 3 N–H and O–H groups in total. The average molecular weight is 254 g/mol. The number of carbonyl (C=O) groups excluding carboxylic acids is 1. The molecule has 0 unspecified atom stereocenters. The lowest BCUT2D eigenvalue weighted by Crippen LogP contribution is -2.09. The Hall–Kier alpha value is -3.00. The molecule has 0 aliphatic carbocycles. The SMILES string of the molecule is N#Cc1ccc(C(=O)Oc2ccc(O)cc2)cc1N. The second kappa shape index (κ2) is 5.10.